The van der Waals surface area contributed by atoms with Crippen LogP contribution in [0.15, 0.2) is 42.7 Å². The van der Waals surface area contributed by atoms with Gasteiger partial charge >= 0.3 is 6.03 Å². The van der Waals surface area contributed by atoms with E-state index in [1.807, 2.05) is 35.1 Å². The molecule has 1 aliphatic heterocycles. The van der Waals surface area contributed by atoms with Crippen molar-refractivity contribution in [3.8, 4) is 0 Å². The van der Waals surface area contributed by atoms with E-state index in [4.69, 9.17) is 0 Å². The Morgan fingerprint density at radius 2 is 2.12 bits per heavy atom. The molecule has 128 valence electrons. The molecule has 1 aliphatic rings. The smallest absolute Gasteiger partial charge is 0.317 e. The summed E-state index contributed by atoms with van der Waals surface area (Å²) < 4.78 is 1.81. The van der Waals surface area contributed by atoms with Gasteiger partial charge in [0.15, 0.2) is 0 Å². The minimum Gasteiger partial charge on any atom is -0.338 e. The van der Waals surface area contributed by atoms with Crippen LogP contribution in [-0.4, -0.2) is 40.3 Å². The highest BCUT2D eigenvalue weighted by Gasteiger charge is 2.25. The maximum absolute atomic E-state index is 12.3. The maximum atomic E-state index is 12.3. The molecule has 1 aromatic carbocycles. The van der Waals surface area contributed by atoms with E-state index in [-0.39, 0.29) is 6.03 Å². The number of rotatable bonds is 6. The minimum atomic E-state index is 0.0803. The first kappa shape index (κ1) is 16.6. The Bertz CT molecular complexity index is 652. The summed E-state index contributed by atoms with van der Waals surface area (Å²) in [4.78, 5) is 14.2. The number of aromatic nitrogens is 2. The number of urea groups is 1. The third kappa shape index (κ3) is 4.60. The van der Waals surface area contributed by atoms with Gasteiger partial charge in [-0.25, -0.2) is 4.79 Å². The van der Waals surface area contributed by atoms with Gasteiger partial charge in [0.05, 0.1) is 6.20 Å². The summed E-state index contributed by atoms with van der Waals surface area (Å²) in [6.45, 7) is 2.45. The molecule has 0 spiro atoms. The fraction of sp³-hybridized carbons (Fsp3) is 0.474. The molecule has 1 aromatic heterocycles. The van der Waals surface area contributed by atoms with Crippen molar-refractivity contribution in [1.82, 2.24) is 20.0 Å². The van der Waals surface area contributed by atoms with Crippen LogP contribution in [0.4, 0.5) is 4.79 Å². The molecular weight excluding hydrogens is 300 g/mol. The second kappa shape index (κ2) is 7.99. The van der Waals surface area contributed by atoms with Gasteiger partial charge in [-0.05, 0) is 42.7 Å². The van der Waals surface area contributed by atoms with Crippen molar-refractivity contribution in [2.75, 3.05) is 19.6 Å². The third-order valence-electron chi connectivity index (χ3n) is 4.62. The topological polar surface area (TPSA) is 50.2 Å². The van der Waals surface area contributed by atoms with Crippen molar-refractivity contribution < 1.29 is 4.79 Å². The lowest BCUT2D eigenvalue weighted by Crippen LogP contribution is -2.39. The quantitative estimate of drug-likeness (QED) is 0.830. The molecule has 2 amide bonds. The Hall–Kier alpha value is -2.30. The Balaban J connectivity index is 1.35. The van der Waals surface area contributed by atoms with E-state index in [1.54, 1.807) is 0 Å². The number of carbonyl (C=O) groups is 1. The van der Waals surface area contributed by atoms with E-state index in [2.05, 4.69) is 34.7 Å². The van der Waals surface area contributed by atoms with Gasteiger partial charge < -0.3 is 10.2 Å². The van der Waals surface area contributed by atoms with E-state index in [0.717, 1.165) is 38.8 Å². The summed E-state index contributed by atoms with van der Waals surface area (Å²) in [5.74, 6) is 0.577. The minimum absolute atomic E-state index is 0.0803. The number of nitrogens with one attached hydrogen (secondary N) is 1. The molecule has 5 heteroatoms. The highest BCUT2D eigenvalue weighted by atomic mass is 16.2. The fourth-order valence-electron chi connectivity index (χ4n) is 3.33. The van der Waals surface area contributed by atoms with Gasteiger partial charge in [-0.1, -0.05) is 30.3 Å². The molecule has 0 saturated carbocycles. The molecule has 1 atom stereocenters. The molecule has 0 aliphatic carbocycles. The van der Waals surface area contributed by atoms with Gasteiger partial charge in [-0.2, -0.15) is 5.10 Å². The molecule has 2 heterocycles. The van der Waals surface area contributed by atoms with Crippen molar-refractivity contribution in [3.05, 3.63) is 53.9 Å². The number of aryl methyl sites for hydroxylation is 2. The van der Waals surface area contributed by atoms with Crippen LogP contribution in [0.3, 0.4) is 0 Å². The molecule has 1 saturated heterocycles. The second-order valence-electron chi connectivity index (χ2n) is 6.65. The second-order valence-corrected chi connectivity index (χ2v) is 6.65. The largest absolute Gasteiger partial charge is 0.338 e. The number of nitrogens with zero attached hydrogens (tertiary/aromatic N) is 3. The first-order valence-corrected chi connectivity index (χ1v) is 8.75. The van der Waals surface area contributed by atoms with E-state index < -0.39 is 0 Å². The zero-order valence-corrected chi connectivity index (χ0v) is 14.3. The van der Waals surface area contributed by atoms with E-state index in [1.165, 1.54) is 11.1 Å². The summed E-state index contributed by atoms with van der Waals surface area (Å²) in [6, 6.07) is 10.6. The Kier molecular flexibility index (Phi) is 5.51. The number of hydrogen-bond acceptors (Lipinski definition) is 2. The Morgan fingerprint density at radius 1 is 1.29 bits per heavy atom. The lowest BCUT2D eigenvalue weighted by atomic mass is 9.99. The van der Waals surface area contributed by atoms with Gasteiger partial charge in [0.2, 0.25) is 0 Å². The van der Waals surface area contributed by atoms with Crippen molar-refractivity contribution in [2.24, 2.45) is 13.0 Å². The van der Waals surface area contributed by atoms with Crippen LogP contribution in [0.5, 0.6) is 0 Å². The van der Waals surface area contributed by atoms with Crippen LogP contribution in [-0.2, 0) is 19.9 Å². The number of likely N-dealkylation sites (tertiary alicyclic amines) is 1. The Labute approximate surface area is 143 Å². The summed E-state index contributed by atoms with van der Waals surface area (Å²) >= 11 is 0. The lowest BCUT2D eigenvalue weighted by molar-refractivity contribution is 0.207. The normalized spacial score (nSPS) is 17.2. The van der Waals surface area contributed by atoms with Gasteiger partial charge in [-0.15, -0.1) is 0 Å². The van der Waals surface area contributed by atoms with Crippen LogP contribution in [0.25, 0.3) is 0 Å². The average molecular weight is 326 g/mol. The van der Waals surface area contributed by atoms with Gasteiger partial charge in [0, 0.05) is 32.9 Å². The van der Waals surface area contributed by atoms with Crippen molar-refractivity contribution in [3.63, 3.8) is 0 Å². The summed E-state index contributed by atoms with van der Waals surface area (Å²) in [5.41, 5.74) is 2.58. The maximum Gasteiger partial charge on any atom is 0.317 e. The molecule has 0 bridgehead atoms. The predicted octanol–water partition coefficient (Wildman–Crippen LogP) is 2.63. The van der Waals surface area contributed by atoms with E-state index >= 15 is 0 Å². The molecule has 5 nitrogen and oxygen atoms in total. The Morgan fingerprint density at radius 3 is 2.88 bits per heavy atom. The number of hydrogen-bond donors (Lipinski definition) is 1. The van der Waals surface area contributed by atoms with Crippen LogP contribution >= 0.6 is 0 Å². The molecule has 24 heavy (non-hydrogen) atoms. The summed E-state index contributed by atoms with van der Waals surface area (Å²) in [5, 5.41) is 7.20. The predicted molar refractivity (Wildman–Crippen MR) is 94.8 cm³/mol. The molecule has 1 N–H and O–H groups in total. The molecule has 0 radical (unpaired) electrons. The summed E-state index contributed by atoms with van der Waals surface area (Å²) in [7, 11) is 1.92. The van der Waals surface area contributed by atoms with Gasteiger partial charge in [0.25, 0.3) is 0 Å². The van der Waals surface area contributed by atoms with Gasteiger partial charge in [-0.3, -0.25) is 4.68 Å². The van der Waals surface area contributed by atoms with Crippen LogP contribution in [0.1, 0.15) is 24.0 Å². The number of amides is 2. The third-order valence-corrected chi connectivity index (χ3v) is 4.62. The zero-order chi connectivity index (χ0) is 16.8. The molecule has 1 fully saturated rings. The number of benzene rings is 1. The zero-order valence-electron chi connectivity index (χ0n) is 14.3. The van der Waals surface area contributed by atoms with Crippen LogP contribution in [0.2, 0.25) is 0 Å². The first-order chi connectivity index (χ1) is 11.7. The molecular formula is C19H26N4O. The molecule has 3 rings (SSSR count). The lowest BCUT2D eigenvalue weighted by Gasteiger charge is -2.17. The van der Waals surface area contributed by atoms with Crippen molar-refractivity contribution in [1.29, 1.82) is 0 Å². The molecule has 2 aromatic rings. The standard InChI is InChI=1S/C19H26N4O/c1-22-14-18(13-21-22)8-5-10-20-19(24)23-11-9-17(15-23)12-16-6-3-2-4-7-16/h2-4,6-7,13-14,17H,5,8-12,15H2,1H3,(H,20,24)/t17-/m1/s1. The number of carbonyl (C=O) groups excluding carboxylic acids is 1. The molecule has 0 unspecified atom stereocenters. The highest BCUT2D eigenvalue weighted by molar-refractivity contribution is 5.74. The van der Waals surface area contributed by atoms with Crippen LogP contribution < -0.4 is 5.32 Å². The van der Waals surface area contributed by atoms with Crippen molar-refractivity contribution >= 4 is 6.03 Å². The van der Waals surface area contributed by atoms with Gasteiger partial charge in [0.1, 0.15) is 0 Å². The first-order valence-electron chi connectivity index (χ1n) is 8.75. The van der Waals surface area contributed by atoms with Crippen molar-refractivity contribution in [2.45, 2.75) is 25.7 Å². The fourth-order valence-corrected chi connectivity index (χ4v) is 3.33. The summed E-state index contributed by atoms with van der Waals surface area (Å²) in [6.07, 6.45) is 7.96. The highest BCUT2D eigenvalue weighted by Crippen LogP contribution is 2.20. The van der Waals surface area contributed by atoms with Crippen LogP contribution in [0, 0.1) is 5.92 Å². The SMILES string of the molecule is Cn1cc(CCCNC(=O)N2CC[C@H](Cc3ccccc3)C2)cn1. The average Bonchev–Trinajstić information content (AvgIpc) is 3.21. The monoisotopic (exact) mass is 326 g/mol. The van der Waals surface area contributed by atoms with E-state index in [0.29, 0.717) is 12.5 Å². The van der Waals surface area contributed by atoms with E-state index in [9.17, 15) is 4.79 Å².